The minimum absolute atomic E-state index is 0.242. The molecule has 4 heteroatoms. The molecule has 2 aromatic heterocycles. The van der Waals surface area contributed by atoms with Crippen LogP contribution in [0.15, 0.2) is 42.6 Å². The number of hydrogen-bond donors (Lipinski definition) is 0. The number of rotatable bonds is 4. The number of hydrogen-bond acceptors (Lipinski definition) is 3. The first kappa shape index (κ1) is 22.1. The lowest BCUT2D eigenvalue weighted by molar-refractivity contribution is -0.658. The summed E-state index contributed by atoms with van der Waals surface area (Å²) in [6.45, 7) is 15.1. The third-order valence-corrected chi connectivity index (χ3v) is 6.16. The van der Waals surface area contributed by atoms with Crippen LogP contribution in [0.5, 0.6) is 0 Å². The van der Waals surface area contributed by atoms with Gasteiger partial charge in [-0.05, 0) is 44.0 Å². The summed E-state index contributed by atoms with van der Waals surface area (Å²) in [5, 5.41) is 2.37. The average molecular weight is 426 g/mol. The van der Waals surface area contributed by atoms with Gasteiger partial charge >= 0.3 is 0 Å². The molecule has 0 aliphatic carbocycles. The van der Waals surface area contributed by atoms with Crippen LogP contribution in [0, 0.1) is 20.8 Å². The van der Waals surface area contributed by atoms with Crippen LogP contribution in [-0.2, 0) is 7.05 Å². The minimum atomic E-state index is 0.242. The third-order valence-electron chi connectivity index (χ3n) is 6.16. The molecular formula is C28H33N4+. The van der Waals surface area contributed by atoms with E-state index in [-0.39, 0.29) is 11.8 Å². The van der Waals surface area contributed by atoms with Gasteiger partial charge in [0.1, 0.15) is 18.7 Å². The van der Waals surface area contributed by atoms with Crippen LogP contribution < -0.4 is 4.57 Å². The van der Waals surface area contributed by atoms with E-state index in [0.717, 1.165) is 28.4 Å². The largest absolute Gasteiger partial charge is 0.220 e. The van der Waals surface area contributed by atoms with E-state index in [1.807, 2.05) is 0 Å². The van der Waals surface area contributed by atoms with Gasteiger partial charge in [0, 0.05) is 17.2 Å². The maximum atomic E-state index is 4.89. The maximum Gasteiger partial charge on any atom is 0.220 e. The molecule has 4 nitrogen and oxygen atoms in total. The fourth-order valence-electron chi connectivity index (χ4n) is 4.29. The number of aryl methyl sites for hydroxylation is 3. The van der Waals surface area contributed by atoms with Gasteiger partial charge in [-0.15, -0.1) is 0 Å². The summed E-state index contributed by atoms with van der Waals surface area (Å²) >= 11 is 0. The number of benzene rings is 2. The molecule has 0 spiro atoms. The molecule has 164 valence electrons. The van der Waals surface area contributed by atoms with Gasteiger partial charge in [0.2, 0.25) is 5.69 Å². The predicted octanol–water partition coefficient (Wildman–Crippen LogP) is 6.36. The minimum Gasteiger partial charge on any atom is -0.217 e. The molecule has 0 bridgehead atoms. The van der Waals surface area contributed by atoms with E-state index < -0.39 is 0 Å². The third kappa shape index (κ3) is 3.90. The molecule has 2 aromatic carbocycles. The van der Waals surface area contributed by atoms with Crippen molar-refractivity contribution >= 4 is 10.8 Å². The van der Waals surface area contributed by atoms with Crippen molar-refractivity contribution in [3.05, 3.63) is 70.9 Å². The van der Waals surface area contributed by atoms with E-state index in [9.17, 15) is 0 Å². The van der Waals surface area contributed by atoms with Gasteiger partial charge in [-0.2, -0.15) is 4.57 Å². The number of aromatic nitrogens is 4. The molecular weight excluding hydrogens is 392 g/mol. The zero-order valence-corrected chi connectivity index (χ0v) is 20.5. The molecule has 2 heterocycles. The van der Waals surface area contributed by atoms with Gasteiger partial charge in [0.15, 0.2) is 12.0 Å². The Morgan fingerprint density at radius 3 is 1.94 bits per heavy atom. The highest BCUT2D eigenvalue weighted by molar-refractivity contribution is 6.01. The molecule has 32 heavy (non-hydrogen) atoms. The highest BCUT2D eigenvalue weighted by Crippen LogP contribution is 2.34. The van der Waals surface area contributed by atoms with Crippen molar-refractivity contribution in [3.63, 3.8) is 0 Å². The van der Waals surface area contributed by atoms with E-state index in [1.54, 1.807) is 0 Å². The Kier molecular flexibility index (Phi) is 5.81. The Morgan fingerprint density at radius 2 is 1.34 bits per heavy atom. The van der Waals surface area contributed by atoms with Crippen LogP contribution in [0.1, 0.15) is 67.9 Å². The average Bonchev–Trinajstić information content (AvgIpc) is 2.75. The van der Waals surface area contributed by atoms with Crippen LogP contribution in [0.4, 0.5) is 0 Å². The second-order valence-corrected chi connectivity index (χ2v) is 9.49. The first-order valence-corrected chi connectivity index (χ1v) is 11.4. The molecule has 0 radical (unpaired) electrons. The van der Waals surface area contributed by atoms with E-state index in [4.69, 9.17) is 15.0 Å². The van der Waals surface area contributed by atoms with E-state index in [2.05, 4.69) is 103 Å². The highest BCUT2D eigenvalue weighted by Gasteiger charge is 2.24. The Balaban J connectivity index is 2.06. The molecule has 0 aliphatic heterocycles. The SMILES string of the molecule is Cc1cc(C)c(C)c(-c2c3ccccc3c(-c3nc(C(C)C)nc(C(C)C)n3)c[n+]2C)c1. The Morgan fingerprint density at radius 1 is 0.750 bits per heavy atom. The van der Waals surface area contributed by atoms with Crippen LogP contribution >= 0.6 is 0 Å². The Bertz CT molecular complexity index is 1290. The molecule has 4 rings (SSSR count). The van der Waals surface area contributed by atoms with Crippen molar-refractivity contribution in [2.75, 3.05) is 0 Å². The zero-order chi connectivity index (χ0) is 23.2. The summed E-state index contributed by atoms with van der Waals surface area (Å²) in [4.78, 5) is 14.5. The van der Waals surface area contributed by atoms with Gasteiger partial charge in [-0.3, -0.25) is 0 Å². The lowest BCUT2D eigenvalue weighted by Gasteiger charge is -2.15. The van der Waals surface area contributed by atoms with Gasteiger partial charge in [0.05, 0.1) is 16.5 Å². The summed E-state index contributed by atoms with van der Waals surface area (Å²) in [5.41, 5.74) is 7.43. The molecule has 0 N–H and O–H groups in total. The summed E-state index contributed by atoms with van der Waals surface area (Å²) in [6, 6.07) is 13.1. The summed E-state index contributed by atoms with van der Waals surface area (Å²) in [5.74, 6) is 2.93. The number of nitrogens with zero attached hydrogens (tertiary/aromatic N) is 4. The molecule has 0 fully saturated rings. The fourth-order valence-corrected chi connectivity index (χ4v) is 4.29. The van der Waals surface area contributed by atoms with Crippen LogP contribution in [0.25, 0.3) is 33.4 Å². The van der Waals surface area contributed by atoms with Crippen molar-refractivity contribution in [1.29, 1.82) is 0 Å². The Hall–Kier alpha value is -3.14. The van der Waals surface area contributed by atoms with Crippen molar-refractivity contribution in [3.8, 4) is 22.6 Å². The van der Waals surface area contributed by atoms with Crippen molar-refractivity contribution in [1.82, 2.24) is 15.0 Å². The first-order chi connectivity index (χ1) is 15.2. The standard InChI is InChI=1S/C28H33N4/c1-16(2)26-29-27(17(3)4)31-28(30-26)24-15-32(8)25(22-12-10-9-11-21(22)24)23-14-18(5)13-19(6)20(23)7/h9-17H,1-8H3/q+1. The smallest absolute Gasteiger partial charge is 0.217 e. The molecule has 0 aliphatic rings. The van der Waals surface area contributed by atoms with Crippen LogP contribution in [-0.4, -0.2) is 15.0 Å². The first-order valence-electron chi connectivity index (χ1n) is 11.4. The topological polar surface area (TPSA) is 42.6 Å². The lowest BCUT2D eigenvalue weighted by atomic mass is 9.93. The monoisotopic (exact) mass is 425 g/mol. The summed E-state index contributed by atoms with van der Waals surface area (Å²) < 4.78 is 2.23. The lowest BCUT2D eigenvalue weighted by Crippen LogP contribution is -2.32. The van der Waals surface area contributed by atoms with Crippen molar-refractivity contribution in [2.45, 2.75) is 60.3 Å². The predicted molar refractivity (Wildman–Crippen MR) is 132 cm³/mol. The fraction of sp³-hybridized carbons (Fsp3) is 0.357. The van der Waals surface area contributed by atoms with Gasteiger partial charge in [0.25, 0.3) is 0 Å². The van der Waals surface area contributed by atoms with Gasteiger partial charge in [-0.25, -0.2) is 15.0 Å². The number of fused-ring (bicyclic) bond motifs is 1. The molecule has 0 atom stereocenters. The molecule has 4 aromatic rings. The quantitative estimate of drug-likeness (QED) is 0.358. The molecule has 0 saturated carbocycles. The van der Waals surface area contributed by atoms with E-state index >= 15 is 0 Å². The van der Waals surface area contributed by atoms with E-state index in [0.29, 0.717) is 0 Å². The van der Waals surface area contributed by atoms with E-state index in [1.165, 1.54) is 33.3 Å². The normalized spacial score (nSPS) is 11.7. The van der Waals surface area contributed by atoms with Crippen molar-refractivity contribution < 1.29 is 4.57 Å². The van der Waals surface area contributed by atoms with Crippen molar-refractivity contribution in [2.24, 2.45) is 7.05 Å². The summed E-state index contributed by atoms with van der Waals surface area (Å²) in [7, 11) is 2.12. The zero-order valence-electron chi connectivity index (χ0n) is 20.5. The van der Waals surface area contributed by atoms with Gasteiger partial charge < -0.3 is 0 Å². The maximum absolute atomic E-state index is 4.89. The number of pyridine rings is 1. The summed E-state index contributed by atoms with van der Waals surface area (Å²) in [6.07, 6.45) is 2.18. The van der Waals surface area contributed by atoms with Crippen LogP contribution in [0.3, 0.4) is 0 Å². The molecule has 0 unspecified atom stereocenters. The highest BCUT2D eigenvalue weighted by atomic mass is 15.0. The Labute approximate surface area is 191 Å². The molecule has 0 amide bonds. The van der Waals surface area contributed by atoms with Gasteiger partial charge in [-0.1, -0.05) is 57.5 Å². The molecule has 0 saturated heterocycles. The second-order valence-electron chi connectivity index (χ2n) is 9.49. The second kappa shape index (κ2) is 8.42. The van der Waals surface area contributed by atoms with Crippen LogP contribution in [0.2, 0.25) is 0 Å².